The van der Waals surface area contributed by atoms with Crippen molar-refractivity contribution in [3.05, 3.63) is 30.0 Å². The topological polar surface area (TPSA) is 93.2 Å². The van der Waals surface area contributed by atoms with E-state index in [-0.39, 0.29) is 12.0 Å². The maximum atomic E-state index is 11.6. The Bertz CT molecular complexity index is 563. The highest BCUT2D eigenvalue weighted by atomic mass is 16.5. The molecule has 2 aromatic heterocycles. The lowest BCUT2D eigenvalue weighted by molar-refractivity contribution is 0.250. The van der Waals surface area contributed by atoms with Crippen LogP contribution in [0.2, 0.25) is 0 Å². The summed E-state index contributed by atoms with van der Waals surface area (Å²) in [5.41, 5.74) is 0. The molecule has 0 aliphatic heterocycles. The van der Waals surface area contributed by atoms with Gasteiger partial charge in [0.2, 0.25) is 0 Å². The first-order chi connectivity index (χ1) is 9.22. The molecule has 1 aliphatic rings. The van der Waals surface area contributed by atoms with E-state index in [9.17, 15) is 4.79 Å². The minimum absolute atomic E-state index is 0.105. The number of aryl methyl sites for hydroxylation is 1. The quantitative estimate of drug-likeness (QED) is 0.877. The average Bonchev–Trinajstić information content (AvgIpc) is 2.77. The third-order valence-corrected chi connectivity index (χ3v) is 3.10. The molecule has 1 fully saturated rings. The molecule has 0 saturated heterocycles. The summed E-state index contributed by atoms with van der Waals surface area (Å²) in [7, 11) is 0. The van der Waals surface area contributed by atoms with Gasteiger partial charge in [0.1, 0.15) is 5.76 Å². The normalized spacial score (nSPS) is 21.1. The van der Waals surface area contributed by atoms with Crippen molar-refractivity contribution < 1.29 is 13.7 Å². The van der Waals surface area contributed by atoms with E-state index in [4.69, 9.17) is 8.94 Å². The maximum absolute atomic E-state index is 11.6. The van der Waals surface area contributed by atoms with E-state index >= 15 is 0 Å². The second-order valence-electron chi connectivity index (χ2n) is 4.60. The summed E-state index contributed by atoms with van der Waals surface area (Å²) in [5, 5.41) is 8.84. The molecule has 1 aliphatic carbocycles. The summed E-state index contributed by atoms with van der Waals surface area (Å²) in [6.07, 6.45) is 2.70. The van der Waals surface area contributed by atoms with E-state index < -0.39 is 0 Å². The van der Waals surface area contributed by atoms with Crippen LogP contribution in [0.1, 0.15) is 23.9 Å². The lowest BCUT2D eigenvalue weighted by Crippen LogP contribution is -2.30. The van der Waals surface area contributed by atoms with Crippen molar-refractivity contribution in [1.29, 1.82) is 0 Å². The van der Waals surface area contributed by atoms with Gasteiger partial charge in [-0.3, -0.25) is 5.32 Å². The smallest absolute Gasteiger partial charge is 0.329 e. The zero-order chi connectivity index (χ0) is 13.2. The minimum atomic E-state index is -0.339. The van der Waals surface area contributed by atoms with Crippen LogP contribution in [0.15, 0.2) is 27.3 Å². The van der Waals surface area contributed by atoms with Gasteiger partial charge in [-0.25, -0.2) is 4.79 Å². The van der Waals surface area contributed by atoms with Crippen molar-refractivity contribution in [3.8, 4) is 0 Å². The van der Waals surface area contributed by atoms with Gasteiger partial charge in [-0.2, -0.15) is 4.98 Å². The number of furan rings is 1. The summed E-state index contributed by atoms with van der Waals surface area (Å²) in [5.74, 6) is 2.32. The number of carbonyl (C=O) groups is 1. The molecule has 3 rings (SSSR count). The Morgan fingerprint density at radius 2 is 2.47 bits per heavy atom. The van der Waals surface area contributed by atoms with Crippen molar-refractivity contribution in [2.75, 3.05) is 11.9 Å². The van der Waals surface area contributed by atoms with Gasteiger partial charge in [0, 0.05) is 12.5 Å². The van der Waals surface area contributed by atoms with Gasteiger partial charge in [0.25, 0.3) is 0 Å². The van der Waals surface area contributed by atoms with Crippen LogP contribution in [0, 0.1) is 12.8 Å². The molecule has 7 heteroatoms. The highest BCUT2D eigenvalue weighted by Gasteiger charge is 2.40. The third kappa shape index (κ3) is 2.75. The number of hydrogen-bond donors (Lipinski definition) is 2. The van der Waals surface area contributed by atoms with Crippen LogP contribution in [-0.4, -0.2) is 22.7 Å². The number of hydrogen-bond acceptors (Lipinski definition) is 5. The first-order valence-corrected chi connectivity index (χ1v) is 6.11. The number of aromatic nitrogens is 2. The Hall–Kier alpha value is -2.31. The molecule has 0 bridgehead atoms. The van der Waals surface area contributed by atoms with Gasteiger partial charge in [-0.1, -0.05) is 5.16 Å². The zero-order valence-electron chi connectivity index (χ0n) is 10.4. The molecule has 100 valence electrons. The Balaban J connectivity index is 1.42. The number of anilines is 1. The fourth-order valence-corrected chi connectivity index (χ4v) is 2.04. The molecule has 2 atom stereocenters. The zero-order valence-corrected chi connectivity index (χ0v) is 10.4. The lowest BCUT2D eigenvalue weighted by atomic mass is 10.2. The molecule has 2 amide bonds. The number of amides is 2. The van der Waals surface area contributed by atoms with Crippen molar-refractivity contribution in [1.82, 2.24) is 15.5 Å². The number of nitrogens with zero attached hydrogens (tertiary/aromatic N) is 2. The minimum Gasteiger partial charge on any atom is -0.469 e. The van der Waals surface area contributed by atoms with E-state index in [0.29, 0.717) is 24.2 Å². The molecule has 2 heterocycles. The molecule has 2 aromatic rings. The van der Waals surface area contributed by atoms with Gasteiger partial charge in [-0.15, -0.1) is 0 Å². The Kier molecular flexibility index (Phi) is 2.94. The van der Waals surface area contributed by atoms with Crippen LogP contribution < -0.4 is 10.6 Å². The summed E-state index contributed by atoms with van der Waals surface area (Å²) in [6.45, 7) is 2.29. The van der Waals surface area contributed by atoms with Crippen molar-refractivity contribution in [3.63, 3.8) is 0 Å². The summed E-state index contributed by atoms with van der Waals surface area (Å²) in [6, 6.07) is 3.61. The first-order valence-electron chi connectivity index (χ1n) is 6.11. The number of carbonyl (C=O) groups excluding carboxylic acids is 1. The standard InChI is InChI=1S/C12H14N4O3/c1-7-14-12(19-16-7)15-11(17)13-6-8-5-9(8)10-3-2-4-18-10/h2-4,8-9H,5-6H2,1H3,(H2,13,14,15,16,17)/t8-,9+/m0/s1. The molecule has 1 saturated carbocycles. The SMILES string of the molecule is Cc1noc(NC(=O)NC[C@@H]2C[C@H]2c2ccco2)n1. The number of urea groups is 1. The van der Waals surface area contributed by atoms with Gasteiger partial charge in [-0.05, 0) is 31.4 Å². The van der Waals surface area contributed by atoms with Gasteiger partial charge >= 0.3 is 12.0 Å². The molecular formula is C12H14N4O3. The summed E-state index contributed by atoms with van der Waals surface area (Å²) >= 11 is 0. The van der Waals surface area contributed by atoms with Gasteiger partial charge in [0.15, 0.2) is 5.82 Å². The Morgan fingerprint density at radius 1 is 1.58 bits per heavy atom. The molecule has 7 nitrogen and oxygen atoms in total. The van der Waals surface area contributed by atoms with Crippen LogP contribution in [0.4, 0.5) is 10.8 Å². The molecule has 19 heavy (non-hydrogen) atoms. The monoisotopic (exact) mass is 262 g/mol. The molecule has 0 radical (unpaired) electrons. The first kappa shape index (κ1) is 11.8. The van der Waals surface area contributed by atoms with Gasteiger partial charge < -0.3 is 14.3 Å². The lowest BCUT2D eigenvalue weighted by Gasteiger charge is -2.03. The fourth-order valence-electron chi connectivity index (χ4n) is 2.04. The second kappa shape index (κ2) is 4.75. The maximum Gasteiger partial charge on any atom is 0.329 e. The van der Waals surface area contributed by atoms with Crippen LogP contribution in [0.3, 0.4) is 0 Å². The van der Waals surface area contributed by atoms with Crippen LogP contribution in [0.25, 0.3) is 0 Å². The van der Waals surface area contributed by atoms with Crippen LogP contribution >= 0.6 is 0 Å². The number of rotatable bonds is 4. The second-order valence-corrected chi connectivity index (χ2v) is 4.60. The largest absolute Gasteiger partial charge is 0.469 e. The van der Waals surface area contributed by atoms with Crippen molar-refractivity contribution >= 4 is 12.0 Å². The fraction of sp³-hybridized carbons (Fsp3) is 0.417. The van der Waals surface area contributed by atoms with Gasteiger partial charge in [0.05, 0.1) is 6.26 Å². The van der Waals surface area contributed by atoms with Crippen LogP contribution in [-0.2, 0) is 0 Å². The highest BCUT2D eigenvalue weighted by molar-refractivity contribution is 5.86. The molecule has 2 N–H and O–H groups in total. The molecular weight excluding hydrogens is 248 g/mol. The van der Waals surface area contributed by atoms with Crippen molar-refractivity contribution in [2.45, 2.75) is 19.3 Å². The van der Waals surface area contributed by atoms with E-state index in [0.717, 1.165) is 12.2 Å². The predicted molar refractivity (Wildman–Crippen MR) is 65.6 cm³/mol. The Labute approximate surface area is 109 Å². The number of nitrogens with one attached hydrogen (secondary N) is 2. The summed E-state index contributed by atoms with van der Waals surface area (Å²) in [4.78, 5) is 15.5. The average molecular weight is 262 g/mol. The van der Waals surface area contributed by atoms with Crippen LogP contribution in [0.5, 0.6) is 0 Å². The summed E-state index contributed by atoms with van der Waals surface area (Å²) < 4.78 is 10.1. The van der Waals surface area contributed by atoms with E-state index in [1.165, 1.54) is 0 Å². The van der Waals surface area contributed by atoms with E-state index in [1.807, 2.05) is 12.1 Å². The van der Waals surface area contributed by atoms with E-state index in [1.54, 1.807) is 13.2 Å². The van der Waals surface area contributed by atoms with Crippen molar-refractivity contribution in [2.24, 2.45) is 5.92 Å². The molecule has 0 aromatic carbocycles. The molecule has 0 unspecified atom stereocenters. The predicted octanol–water partition coefficient (Wildman–Crippen LogP) is 1.90. The highest BCUT2D eigenvalue weighted by Crippen LogP contribution is 2.46. The third-order valence-electron chi connectivity index (χ3n) is 3.10. The Morgan fingerprint density at radius 3 is 3.16 bits per heavy atom. The van der Waals surface area contributed by atoms with E-state index in [2.05, 4.69) is 20.8 Å². The molecule has 0 spiro atoms.